The maximum Gasteiger partial charge on any atom is 0.221 e. The third kappa shape index (κ3) is 7.42. The van der Waals surface area contributed by atoms with Gasteiger partial charge in [-0.2, -0.15) is 0 Å². The number of halogens is 1. The monoisotopic (exact) mass is 516 g/mol. The Morgan fingerprint density at radius 3 is 2.62 bits per heavy atom. The lowest BCUT2D eigenvalue weighted by Crippen LogP contribution is -2.53. The molecule has 1 aromatic carbocycles. The van der Waals surface area contributed by atoms with Crippen LogP contribution in [0.15, 0.2) is 29.3 Å². The molecule has 29 heavy (non-hydrogen) atoms. The smallest absolute Gasteiger partial charge is 0.221 e. The molecular weight excluding hydrogens is 483 g/mol. The van der Waals surface area contributed by atoms with Gasteiger partial charge in [-0.1, -0.05) is 12.1 Å². The number of amides is 1. The molecule has 2 aliphatic rings. The van der Waals surface area contributed by atoms with Crippen LogP contribution in [0.25, 0.3) is 0 Å². The number of morpholine rings is 1. The molecule has 0 saturated carbocycles. The Labute approximate surface area is 190 Å². The number of rotatable bonds is 6. The normalized spacial score (nSPS) is 22.1. The summed E-state index contributed by atoms with van der Waals surface area (Å²) in [6.07, 6.45) is 3.41. The maximum absolute atomic E-state index is 11.1. The minimum atomic E-state index is -0.0561. The molecule has 1 aromatic rings. The molecule has 162 valence electrons. The van der Waals surface area contributed by atoms with Crippen LogP contribution < -0.4 is 10.6 Å². The highest BCUT2D eigenvalue weighted by molar-refractivity contribution is 14.0. The summed E-state index contributed by atoms with van der Waals surface area (Å²) in [5.74, 6) is 0.892. The molecule has 3 rings (SSSR count). The Balaban J connectivity index is 0.00000300. The quantitative estimate of drug-likeness (QED) is 0.346. The van der Waals surface area contributed by atoms with Crippen LogP contribution in [-0.4, -0.2) is 68.4 Å². The molecule has 0 radical (unpaired) electrons. The van der Waals surface area contributed by atoms with Gasteiger partial charge in [-0.15, -0.1) is 24.0 Å². The van der Waals surface area contributed by atoms with Crippen molar-refractivity contribution in [3.8, 4) is 0 Å². The van der Waals surface area contributed by atoms with E-state index in [-0.39, 0.29) is 42.1 Å². The SMILES string of the molecule is CCNC(=NCCc1ccc(NC(C)=O)cc1)N1CCOC(C2CCCO2)C1.I. The van der Waals surface area contributed by atoms with E-state index >= 15 is 0 Å². The maximum atomic E-state index is 11.1. The summed E-state index contributed by atoms with van der Waals surface area (Å²) >= 11 is 0. The van der Waals surface area contributed by atoms with E-state index in [0.29, 0.717) is 13.2 Å². The van der Waals surface area contributed by atoms with Crippen LogP contribution in [0.3, 0.4) is 0 Å². The fourth-order valence-corrected chi connectivity index (χ4v) is 3.66. The molecule has 2 N–H and O–H groups in total. The lowest BCUT2D eigenvalue weighted by molar-refractivity contribution is -0.114. The van der Waals surface area contributed by atoms with E-state index < -0.39 is 0 Å². The fourth-order valence-electron chi connectivity index (χ4n) is 3.66. The molecule has 2 unspecified atom stereocenters. The number of hydrogen-bond acceptors (Lipinski definition) is 4. The van der Waals surface area contributed by atoms with Gasteiger partial charge >= 0.3 is 0 Å². The Hall–Kier alpha value is -1.39. The van der Waals surface area contributed by atoms with Gasteiger partial charge in [0.15, 0.2) is 5.96 Å². The fraction of sp³-hybridized carbons (Fsp3) is 0.619. The van der Waals surface area contributed by atoms with Crippen molar-refractivity contribution in [3.05, 3.63) is 29.8 Å². The van der Waals surface area contributed by atoms with Crippen molar-refractivity contribution < 1.29 is 14.3 Å². The molecule has 2 heterocycles. The number of anilines is 1. The molecule has 2 saturated heterocycles. The van der Waals surface area contributed by atoms with Crippen molar-refractivity contribution in [1.82, 2.24) is 10.2 Å². The molecule has 0 spiro atoms. The summed E-state index contributed by atoms with van der Waals surface area (Å²) in [7, 11) is 0. The molecule has 0 bridgehead atoms. The average Bonchev–Trinajstić information content (AvgIpc) is 3.23. The molecule has 7 nitrogen and oxygen atoms in total. The number of hydrogen-bond donors (Lipinski definition) is 2. The van der Waals surface area contributed by atoms with E-state index in [1.54, 1.807) is 0 Å². The largest absolute Gasteiger partial charge is 0.375 e. The van der Waals surface area contributed by atoms with Crippen molar-refractivity contribution in [3.63, 3.8) is 0 Å². The van der Waals surface area contributed by atoms with Crippen LogP contribution in [0.2, 0.25) is 0 Å². The second-order valence-electron chi connectivity index (χ2n) is 7.27. The number of carbonyl (C=O) groups is 1. The summed E-state index contributed by atoms with van der Waals surface area (Å²) < 4.78 is 11.8. The first-order chi connectivity index (χ1) is 13.7. The van der Waals surface area contributed by atoms with Crippen LogP contribution in [0.1, 0.15) is 32.3 Å². The number of carbonyl (C=O) groups excluding carboxylic acids is 1. The molecule has 1 amide bonds. The summed E-state index contributed by atoms with van der Waals surface area (Å²) in [4.78, 5) is 18.2. The minimum Gasteiger partial charge on any atom is -0.375 e. The number of ether oxygens (including phenoxy) is 2. The molecule has 8 heteroatoms. The van der Waals surface area contributed by atoms with Crippen LogP contribution in [0.5, 0.6) is 0 Å². The summed E-state index contributed by atoms with van der Waals surface area (Å²) in [6, 6.07) is 7.94. The van der Waals surface area contributed by atoms with E-state index in [1.807, 2.05) is 24.3 Å². The van der Waals surface area contributed by atoms with Gasteiger partial charge in [-0.25, -0.2) is 0 Å². The molecule has 0 aliphatic carbocycles. The Kier molecular flexibility index (Phi) is 10.2. The molecule has 2 fully saturated rings. The van der Waals surface area contributed by atoms with Crippen molar-refractivity contribution >= 4 is 41.5 Å². The van der Waals surface area contributed by atoms with Crippen LogP contribution in [0.4, 0.5) is 5.69 Å². The van der Waals surface area contributed by atoms with Gasteiger partial charge in [0.2, 0.25) is 5.91 Å². The van der Waals surface area contributed by atoms with E-state index in [0.717, 1.165) is 57.2 Å². The van der Waals surface area contributed by atoms with Crippen molar-refractivity contribution in [2.45, 2.75) is 45.3 Å². The van der Waals surface area contributed by atoms with Crippen LogP contribution in [-0.2, 0) is 20.7 Å². The van der Waals surface area contributed by atoms with Crippen molar-refractivity contribution in [2.75, 3.05) is 44.7 Å². The highest BCUT2D eigenvalue weighted by Gasteiger charge is 2.32. The average molecular weight is 516 g/mol. The second-order valence-corrected chi connectivity index (χ2v) is 7.27. The minimum absolute atomic E-state index is 0. The molecular formula is C21H33IN4O3. The topological polar surface area (TPSA) is 75.2 Å². The number of guanidine groups is 1. The van der Waals surface area contributed by atoms with Crippen molar-refractivity contribution in [2.24, 2.45) is 4.99 Å². The van der Waals surface area contributed by atoms with Gasteiger partial charge in [0.1, 0.15) is 6.10 Å². The van der Waals surface area contributed by atoms with E-state index in [4.69, 9.17) is 14.5 Å². The standard InChI is InChI=1S/C21H32N4O3.HI/c1-3-22-21(25-12-14-28-20(15-25)19-5-4-13-27-19)23-11-10-17-6-8-18(9-7-17)24-16(2)26;/h6-9,19-20H,3-5,10-15H2,1-2H3,(H,22,23)(H,24,26);1H. The summed E-state index contributed by atoms with van der Waals surface area (Å²) in [5.41, 5.74) is 2.02. The zero-order valence-corrected chi connectivity index (χ0v) is 19.7. The van der Waals surface area contributed by atoms with E-state index in [1.165, 1.54) is 12.5 Å². The Bertz CT molecular complexity index is 662. The van der Waals surface area contributed by atoms with Crippen LogP contribution in [0, 0.1) is 0 Å². The Morgan fingerprint density at radius 2 is 1.97 bits per heavy atom. The molecule has 2 atom stereocenters. The number of nitrogens with one attached hydrogen (secondary N) is 2. The zero-order chi connectivity index (χ0) is 19.8. The van der Waals surface area contributed by atoms with Gasteiger partial charge in [-0.3, -0.25) is 9.79 Å². The lowest BCUT2D eigenvalue weighted by atomic mass is 10.1. The van der Waals surface area contributed by atoms with Crippen LogP contribution >= 0.6 is 24.0 Å². The Morgan fingerprint density at radius 1 is 1.21 bits per heavy atom. The first-order valence-corrected chi connectivity index (χ1v) is 10.3. The van der Waals surface area contributed by atoms with Gasteiger partial charge in [-0.05, 0) is 43.9 Å². The van der Waals surface area contributed by atoms with Gasteiger partial charge in [0, 0.05) is 45.4 Å². The van der Waals surface area contributed by atoms with Gasteiger partial charge < -0.3 is 25.0 Å². The summed E-state index contributed by atoms with van der Waals surface area (Å²) in [5, 5.41) is 6.20. The molecule has 0 aromatic heterocycles. The first-order valence-electron chi connectivity index (χ1n) is 10.3. The predicted molar refractivity (Wildman–Crippen MR) is 126 cm³/mol. The second kappa shape index (κ2) is 12.3. The van der Waals surface area contributed by atoms with Gasteiger partial charge in [0.25, 0.3) is 0 Å². The zero-order valence-electron chi connectivity index (χ0n) is 17.4. The first kappa shape index (κ1) is 23.9. The summed E-state index contributed by atoms with van der Waals surface area (Å²) in [6.45, 7) is 8.38. The highest BCUT2D eigenvalue weighted by atomic mass is 127. The third-order valence-electron chi connectivity index (χ3n) is 5.04. The molecule has 2 aliphatic heterocycles. The third-order valence-corrected chi connectivity index (χ3v) is 5.04. The number of nitrogens with zero attached hydrogens (tertiary/aromatic N) is 2. The lowest BCUT2D eigenvalue weighted by Gasteiger charge is -2.37. The predicted octanol–water partition coefficient (Wildman–Crippen LogP) is 2.65. The van der Waals surface area contributed by atoms with Crippen molar-refractivity contribution in [1.29, 1.82) is 0 Å². The van der Waals surface area contributed by atoms with E-state index in [9.17, 15) is 4.79 Å². The number of benzene rings is 1. The van der Waals surface area contributed by atoms with Gasteiger partial charge in [0.05, 0.1) is 12.7 Å². The van der Waals surface area contributed by atoms with E-state index in [2.05, 4.69) is 22.5 Å². The highest BCUT2D eigenvalue weighted by Crippen LogP contribution is 2.21. The number of aliphatic imine (C=N–C) groups is 1.